The van der Waals surface area contributed by atoms with Crippen LogP contribution in [0, 0.1) is 25.2 Å². The van der Waals surface area contributed by atoms with Crippen LogP contribution < -0.4 is 5.32 Å². The third kappa shape index (κ3) is 3.85. The predicted octanol–water partition coefficient (Wildman–Crippen LogP) is 6.95. The fraction of sp³-hybridized carbons (Fsp3) is 0.0667. The fourth-order valence-electron chi connectivity index (χ4n) is 4.48. The van der Waals surface area contributed by atoms with Crippen molar-refractivity contribution in [2.75, 3.05) is 5.32 Å². The van der Waals surface area contributed by atoms with Crippen LogP contribution in [0.1, 0.15) is 17.0 Å². The van der Waals surface area contributed by atoms with Gasteiger partial charge in [-0.2, -0.15) is 5.26 Å². The fourth-order valence-corrected chi connectivity index (χ4v) is 4.48. The van der Waals surface area contributed by atoms with Gasteiger partial charge in [0.1, 0.15) is 11.6 Å². The van der Waals surface area contributed by atoms with Crippen molar-refractivity contribution < 1.29 is 4.79 Å². The van der Waals surface area contributed by atoms with Crippen molar-refractivity contribution in [1.29, 1.82) is 5.26 Å². The summed E-state index contributed by atoms with van der Waals surface area (Å²) in [5.74, 6) is -0.423. The molecule has 5 aromatic rings. The van der Waals surface area contributed by atoms with Gasteiger partial charge >= 0.3 is 0 Å². The first-order chi connectivity index (χ1) is 16.5. The molecule has 4 nitrogen and oxygen atoms in total. The monoisotopic (exact) mass is 441 g/mol. The SMILES string of the molecule is Cc1cc(/C=C(/C#N)C(=O)Nc2ccc3ccccc3c2)c(C)n1-c1cccc2ccccc12. The minimum Gasteiger partial charge on any atom is -0.321 e. The zero-order chi connectivity index (χ0) is 23.7. The number of aryl methyl sites for hydroxylation is 1. The topological polar surface area (TPSA) is 57.8 Å². The van der Waals surface area contributed by atoms with Gasteiger partial charge in [-0.3, -0.25) is 4.79 Å². The van der Waals surface area contributed by atoms with E-state index >= 15 is 0 Å². The molecule has 4 aromatic carbocycles. The normalized spacial score (nSPS) is 11.5. The third-order valence-electron chi connectivity index (χ3n) is 6.15. The first-order valence-corrected chi connectivity index (χ1v) is 11.1. The Morgan fingerprint density at radius 1 is 0.853 bits per heavy atom. The predicted molar refractivity (Wildman–Crippen MR) is 139 cm³/mol. The Morgan fingerprint density at radius 2 is 1.56 bits per heavy atom. The van der Waals surface area contributed by atoms with Crippen molar-refractivity contribution in [2.45, 2.75) is 13.8 Å². The second-order valence-electron chi connectivity index (χ2n) is 8.35. The molecule has 0 spiro atoms. The molecular formula is C30H23N3O. The van der Waals surface area contributed by atoms with E-state index in [1.165, 1.54) is 0 Å². The zero-order valence-electron chi connectivity index (χ0n) is 19.0. The van der Waals surface area contributed by atoms with Crippen LogP contribution >= 0.6 is 0 Å². The number of carbonyl (C=O) groups is 1. The summed E-state index contributed by atoms with van der Waals surface area (Å²) >= 11 is 0. The Labute approximate surface area is 198 Å². The molecule has 0 fully saturated rings. The van der Waals surface area contributed by atoms with E-state index in [1.54, 1.807) is 6.08 Å². The lowest BCUT2D eigenvalue weighted by molar-refractivity contribution is -0.112. The van der Waals surface area contributed by atoms with Gasteiger partial charge in [0, 0.05) is 22.5 Å². The highest BCUT2D eigenvalue weighted by Crippen LogP contribution is 2.28. The molecule has 0 radical (unpaired) electrons. The molecule has 0 bridgehead atoms. The number of hydrogen-bond donors (Lipinski definition) is 1. The minimum atomic E-state index is -0.423. The number of rotatable bonds is 4. The van der Waals surface area contributed by atoms with Crippen molar-refractivity contribution in [3.63, 3.8) is 0 Å². The number of anilines is 1. The maximum atomic E-state index is 12.9. The summed E-state index contributed by atoms with van der Waals surface area (Å²) in [5, 5.41) is 17.1. The average molecular weight is 442 g/mol. The van der Waals surface area contributed by atoms with Crippen LogP contribution in [0.4, 0.5) is 5.69 Å². The number of nitriles is 1. The molecule has 4 heteroatoms. The summed E-state index contributed by atoms with van der Waals surface area (Å²) < 4.78 is 2.17. The highest BCUT2D eigenvalue weighted by Gasteiger charge is 2.15. The smallest absolute Gasteiger partial charge is 0.266 e. The molecule has 0 unspecified atom stereocenters. The summed E-state index contributed by atoms with van der Waals surface area (Å²) in [5.41, 5.74) is 4.65. The number of aromatic nitrogens is 1. The number of fused-ring (bicyclic) bond motifs is 2. The number of carbonyl (C=O) groups excluding carboxylic acids is 1. The van der Waals surface area contributed by atoms with Gasteiger partial charge in [-0.25, -0.2) is 0 Å². The van der Waals surface area contributed by atoms with E-state index in [1.807, 2.05) is 80.6 Å². The second kappa shape index (κ2) is 8.73. The van der Waals surface area contributed by atoms with Gasteiger partial charge in [0.15, 0.2) is 0 Å². The standard InChI is InChI=1S/C30H23N3O/c1-20-16-25(21(2)33(20)29-13-7-11-23-9-5-6-12-28(23)29)17-26(19-31)30(34)32-27-15-14-22-8-3-4-10-24(22)18-27/h3-18H,1-2H3,(H,32,34)/b26-17-. The number of nitrogens with one attached hydrogen (secondary N) is 1. The van der Waals surface area contributed by atoms with E-state index in [0.29, 0.717) is 5.69 Å². The molecule has 1 heterocycles. The van der Waals surface area contributed by atoms with E-state index < -0.39 is 5.91 Å². The Kier molecular flexibility index (Phi) is 5.45. The number of nitrogens with zero attached hydrogens (tertiary/aromatic N) is 2. The molecule has 1 aromatic heterocycles. The van der Waals surface area contributed by atoms with Crippen LogP contribution in [0.15, 0.2) is 96.6 Å². The summed E-state index contributed by atoms with van der Waals surface area (Å²) in [6.45, 7) is 4.05. The molecule has 1 amide bonds. The lowest BCUT2D eigenvalue weighted by Gasteiger charge is -2.13. The van der Waals surface area contributed by atoms with Crippen LogP contribution in [0.3, 0.4) is 0 Å². The Morgan fingerprint density at radius 3 is 2.35 bits per heavy atom. The van der Waals surface area contributed by atoms with Gasteiger partial charge in [0.2, 0.25) is 0 Å². The van der Waals surface area contributed by atoms with Gasteiger partial charge < -0.3 is 9.88 Å². The molecule has 0 aliphatic rings. The molecule has 0 saturated heterocycles. The molecule has 1 N–H and O–H groups in total. The maximum absolute atomic E-state index is 12.9. The number of benzene rings is 4. The van der Waals surface area contributed by atoms with Crippen molar-refractivity contribution in [1.82, 2.24) is 4.57 Å². The molecule has 0 atom stereocenters. The van der Waals surface area contributed by atoms with Crippen molar-refractivity contribution >= 4 is 39.2 Å². The Balaban J connectivity index is 1.49. The quantitative estimate of drug-likeness (QED) is 0.242. The van der Waals surface area contributed by atoms with Crippen LogP contribution in [0.2, 0.25) is 0 Å². The van der Waals surface area contributed by atoms with E-state index in [0.717, 1.165) is 44.2 Å². The maximum Gasteiger partial charge on any atom is 0.266 e. The largest absolute Gasteiger partial charge is 0.321 e. The van der Waals surface area contributed by atoms with Gasteiger partial charge in [-0.15, -0.1) is 0 Å². The van der Waals surface area contributed by atoms with Gasteiger partial charge in [0.25, 0.3) is 5.91 Å². The highest BCUT2D eigenvalue weighted by molar-refractivity contribution is 6.10. The zero-order valence-corrected chi connectivity index (χ0v) is 19.0. The second-order valence-corrected chi connectivity index (χ2v) is 8.35. The van der Waals surface area contributed by atoms with E-state index in [2.05, 4.69) is 40.2 Å². The summed E-state index contributed by atoms with van der Waals surface area (Å²) in [7, 11) is 0. The molecule has 0 aliphatic heterocycles. The molecule has 5 rings (SSSR count). The minimum absolute atomic E-state index is 0.0614. The first kappa shape index (κ1) is 21.2. The molecule has 0 aliphatic carbocycles. The van der Waals surface area contributed by atoms with E-state index in [9.17, 15) is 10.1 Å². The summed E-state index contributed by atoms with van der Waals surface area (Å²) in [4.78, 5) is 12.9. The van der Waals surface area contributed by atoms with Crippen molar-refractivity contribution in [3.8, 4) is 11.8 Å². The van der Waals surface area contributed by atoms with E-state index in [4.69, 9.17) is 0 Å². The van der Waals surface area contributed by atoms with Crippen LogP contribution in [0.5, 0.6) is 0 Å². The van der Waals surface area contributed by atoms with Crippen molar-refractivity contribution in [3.05, 3.63) is 114 Å². The number of hydrogen-bond acceptors (Lipinski definition) is 2. The number of amides is 1. The van der Waals surface area contributed by atoms with Gasteiger partial charge in [0.05, 0.1) is 5.69 Å². The van der Waals surface area contributed by atoms with Gasteiger partial charge in [-0.05, 0) is 65.9 Å². The van der Waals surface area contributed by atoms with E-state index in [-0.39, 0.29) is 5.57 Å². The lowest BCUT2D eigenvalue weighted by Crippen LogP contribution is -2.13. The molecule has 0 saturated carbocycles. The lowest BCUT2D eigenvalue weighted by atomic mass is 10.1. The Bertz CT molecular complexity index is 1630. The first-order valence-electron chi connectivity index (χ1n) is 11.1. The summed E-state index contributed by atoms with van der Waals surface area (Å²) in [6, 6.07) is 32.3. The average Bonchev–Trinajstić information content (AvgIpc) is 3.14. The van der Waals surface area contributed by atoms with Crippen LogP contribution in [-0.2, 0) is 4.79 Å². The van der Waals surface area contributed by atoms with Crippen LogP contribution in [0.25, 0.3) is 33.3 Å². The Hall–Kier alpha value is -4.62. The van der Waals surface area contributed by atoms with Crippen molar-refractivity contribution in [2.24, 2.45) is 0 Å². The van der Waals surface area contributed by atoms with Crippen LogP contribution in [-0.4, -0.2) is 10.5 Å². The molecule has 34 heavy (non-hydrogen) atoms. The van der Waals surface area contributed by atoms with Gasteiger partial charge in [-0.1, -0.05) is 66.7 Å². The summed E-state index contributed by atoms with van der Waals surface area (Å²) in [6.07, 6.45) is 1.67. The molecular weight excluding hydrogens is 418 g/mol. The highest BCUT2D eigenvalue weighted by atomic mass is 16.1. The third-order valence-corrected chi connectivity index (χ3v) is 6.15. The molecule has 164 valence electrons.